The molecular weight excluding hydrogens is 206 g/mol. The zero-order chi connectivity index (χ0) is 11.9. The van der Waals surface area contributed by atoms with Crippen LogP contribution >= 0.6 is 0 Å². The van der Waals surface area contributed by atoms with Gasteiger partial charge in [0.25, 0.3) is 0 Å². The van der Waals surface area contributed by atoms with Gasteiger partial charge in [0.15, 0.2) is 5.78 Å². The number of Topliss-reactive ketones (excluding diaryl/α,β-unsaturated/α-hetero) is 1. The summed E-state index contributed by atoms with van der Waals surface area (Å²) >= 11 is 0. The molecular formula is C11H15N3O2. The van der Waals surface area contributed by atoms with E-state index in [4.69, 9.17) is 0 Å². The van der Waals surface area contributed by atoms with Gasteiger partial charge in [0, 0.05) is 18.3 Å². The van der Waals surface area contributed by atoms with E-state index in [2.05, 4.69) is 5.10 Å². The molecule has 5 heteroatoms. The van der Waals surface area contributed by atoms with Gasteiger partial charge in [-0.2, -0.15) is 5.10 Å². The van der Waals surface area contributed by atoms with Crippen LogP contribution in [0.2, 0.25) is 0 Å². The van der Waals surface area contributed by atoms with E-state index in [0.29, 0.717) is 0 Å². The first-order chi connectivity index (χ1) is 7.50. The van der Waals surface area contributed by atoms with E-state index in [-0.39, 0.29) is 30.7 Å². The highest BCUT2D eigenvalue weighted by Gasteiger charge is 2.32. The number of carbonyl (C=O) groups is 2. The summed E-state index contributed by atoms with van der Waals surface area (Å²) in [7, 11) is 1.86. The van der Waals surface area contributed by atoms with Crippen LogP contribution in [0.5, 0.6) is 0 Å². The van der Waals surface area contributed by atoms with Crippen molar-refractivity contribution in [3.8, 4) is 0 Å². The molecule has 0 aromatic carbocycles. The van der Waals surface area contributed by atoms with Gasteiger partial charge in [0.05, 0.1) is 25.2 Å². The zero-order valence-corrected chi connectivity index (χ0v) is 9.73. The second-order valence-electron chi connectivity index (χ2n) is 4.22. The monoisotopic (exact) mass is 221 g/mol. The van der Waals surface area contributed by atoms with E-state index in [1.54, 1.807) is 15.8 Å². The summed E-state index contributed by atoms with van der Waals surface area (Å²) < 4.78 is 1.77. The quantitative estimate of drug-likeness (QED) is 0.687. The second-order valence-corrected chi connectivity index (χ2v) is 4.22. The summed E-state index contributed by atoms with van der Waals surface area (Å²) in [5.41, 5.74) is 2.03. The van der Waals surface area contributed by atoms with Crippen LogP contribution in [-0.4, -0.2) is 32.9 Å². The average molecular weight is 221 g/mol. The minimum atomic E-state index is -0.0826. The van der Waals surface area contributed by atoms with Crippen molar-refractivity contribution in [2.45, 2.75) is 26.3 Å². The van der Waals surface area contributed by atoms with Gasteiger partial charge in [-0.1, -0.05) is 0 Å². The van der Waals surface area contributed by atoms with Gasteiger partial charge in [-0.25, -0.2) is 0 Å². The van der Waals surface area contributed by atoms with Crippen molar-refractivity contribution in [1.29, 1.82) is 0 Å². The number of aromatic nitrogens is 2. The molecule has 1 aliphatic rings. The van der Waals surface area contributed by atoms with Crippen LogP contribution in [0.4, 0.5) is 0 Å². The highest BCUT2D eigenvalue weighted by molar-refractivity contribution is 6.05. The van der Waals surface area contributed by atoms with Gasteiger partial charge in [0.2, 0.25) is 5.91 Å². The molecule has 1 amide bonds. The first-order valence-corrected chi connectivity index (χ1v) is 5.30. The number of carbonyl (C=O) groups excluding carboxylic acids is 2. The fourth-order valence-electron chi connectivity index (χ4n) is 2.05. The maximum Gasteiger partial charge on any atom is 0.231 e. The van der Waals surface area contributed by atoms with Crippen molar-refractivity contribution in [2.24, 2.45) is 7.05 Å². The maximum absolute atomic E-state index is 11.6. The van der Waals surface area contributed by atoms with E-state index < -0.39 is 0 Å². The van der Waals surface area contributed by atoms with E-state index in [1.807, 2.05) is 20.9 Å². The summed E-state index contributed by atoms with van der Waals surface area (Å²) in [4.78, 5) is 24.4. The standard InChI is InChI=1S/C11H15N3O2/c1-7-10(5-12-13(7)3)8(2)14-6-9(15)4-11(14)16/h5,8H,4,6H2,1-3H3. The number of hydrogen-bond donors (Lipinski definition) is 0. The van der Waals surface area contributed by atoms with Crippen LogP contribution in [0.15, 0.2) is 6.20 Å². The smallest absolute Gasteiger partial charge is 0.231 e. The fraction of sp³-hybridized carbons (Fsp3) is 0.545. The first-order valence-electron chi connectivity index (χ1n) is 5.30. The van der Waals surface area contributed by atoms with Crippen LogP contribution in [0, 0.1) is 6.92 Å². The summed E-state index contributed by atoms with van der Waals surface area (Å²) in [6, 6.07) is -0.0763. The van der Waals surface area contributed by atoms with Crippen molar-refractivity contribution >= 4 is 11.7 Å². The summed E-state index contributed by atoms with van der Waals surface area (Å²) in [5, 5.41) is 4.15. The molecule has 1 saturated heterocycles. The molecule has 0 bridgehead atoms. The molecule has 0 saturated carbocycles. The molecule has 1 atom stereocenters. The maximum atomic E-state index is 11.6. The molecule has 0 N–H and O–H groups in total. The van der Waals surface area contributed by atoms with Gasteiger partial charge >= 0.3 is 0 Å². The Bertz CT molecular complexity index is 450. The van der Waals surface area contributed by atoms with E-state index in [1.165, 1.54) is 0 Å². The third-order valence-corrected chi connectivity index (χ3v) is 3.21. The van der Waals surface area contributed by atoms with Crippen molar-refractivity contribution < 1.29 is 9.59 Å². The number of amides is 1. The molecule has 1 fully saturated rings. The molecule has 0 aliphatic carbocycles. The first kappa shape index (κ1) is 10.9. The number of hydrogen-bond acceptors (Lipinski definition) is 3. The van der Waals surface area contributed by atoms with Crippen LogP contribution in [0.1, 0.15) is 30.6 Å². The summed E-state index contributed by atoms with van der Waals surface area (Å²) in [6.45, 7) is 4.12. The predicted molar refractivity (Wildman–Crippen MR) is 57.7 cm³/mol. The SMILES string of the molecule is Cc1c(C(C)N2CC(=O)CC2=O)cnn1C. The Balaban J connectivity index is 2.25. The molecule has 5 nitrogen and oxygen atoms in total. The van der Waals surface area contributed by atoms with Gasteiger partial charge in [-0.15, -0.1) is 0 Å². The molecule has 1 unspecified atom stereocenters. The van der Waals surface area contributed by atoms with Gasteiger partial charge in [0.1, 0.15) is 0 Å². The summed E-state index contributed by atoms with van der Waals surface area (Å²) in [5.74, 6) is -0.0841. The Labute approximate surface area is 94.0 Å². The highest BCUT2D eigenvalue weighted by atomic mass is 16.2. The van der Waals surface area contributed by atoms with Crippen LogP contribution in [0.25, 0.3) is 0 Å². The lowest BCUT2D eigenvalue weighted by Gasteiger charge is -2.23. The lowest BCUT2D eigenvalue weighted by molar-refractivity contribution is -0.129. The number of nitrogens with zero attached hydrogens (tertiary/aromatic N) is 3. The molecule has 1 aromatic rings. The number of aryl methyl sites for hydroxylation is 1. The van der Waals surface area contributed by atoms with E-state index in [0.717, 1.165) is 11.3 Å². The zero-order valence-electron chi connectivity index (χ0n) is 9.73. The molecule has 1 aromatic heterocycles. The second kappa shape index (κ2) is 3.73. The Morgan fingerprint density at radius 1 is 1.44 bits per heavy atom. The molecule has 2 heterocycles. The number of rotatable bonds is 2. The summed E-state index contributed by atoms with van der Waals surface area (Å²) in [6.07, 6.45) is 1.81. The molecule has 16 heavy (non-hydrogen) atoms. The van der Waals surface area contributed by atoms with Gasteiger partial charge in [-0.3, -0.25) is 14.3 Å². The lowest BCUT2D eigenvalue weighted by atomic mass is 10.1. The lowest BCUT2D eigenvalue weighted by Crippen LogP contribution is -2.28. The van der Waals surface area contributed by atoms with Gasteiger partial charge in [-0.05, 0) is 13.8 Å². The highest BCUT2D eigenvalue weighted by Crippen LogP contribution is 2.26. The van der Waals surface area contributed by atoms with Gasteiger partial charge < -0.3 is 4.90 Å². The Kier molecular flexibility index (Phi) is 2.53. The average Bonchev–Trinajstić information content (AvgIpc) is 2.71. The normalized spacial score (nSPS) is 18.3. The predicted octanol–water partition coefficient (Wildman–Crippen LogP) is 0.591. The Hall–Kier alpha value is -1.65. The van der Waals surface area contributed by atoms with Crippen molar-refractivity contribution in [2.75, 3.05) is 6.54 Å². The molecule has 1 aliphatic heterocycles. The van der Waals surface area contributed by atoms with Crippen molar-refractivity contribution in [1.82, 2.24) is 14.7 Å². The van der Waals surface area contributed by atoms with Crippen molar-refractivity contribution in [3.63, 3.8) is 0 Å². The van der Waals surface area contributed by atoms with Crippen LogP contribution < -0.4 is 0 Å². The molecule has 0 radical (unpaired) electrons. The van der Waals surface area contributed by atoms with E-state index >= 15 is 0 Å². The third-order valence-electron chi connectivity index (χ3n) is 3.21. The van der Waals surface area contributed by atoms with Crippen LogP contribution in [-0.2, 0) is 16.6 Å². The minimum absolute atomic E-state index is 0.00149. The van der Waals surface area contributed by atoms with Crippen LogP contribution in [0.3, 0.4) is 0 Å². The Morgan fingerprint density at radius 3 is 2.56 bits per heavy atom. The topological polar surface area (TPSA) is 55.2 Å². The fourth-order valence-corrected chi connectivity index (χ4v) is 2.05. The molecule has 0 spiro atoms. The molecule has 2 rings (SSSR count). The van der Waals surface area contributed by atoms with E-state index in [9.17, 15) is 9.59 Å². The number of ketones is 1. The molecule has 86 valence electrons. The third kappa shape index (κ3) is 1.62. The Morgan fingerprint density at radius 2 is 2.12 bits per heavy atom. The minimum Gasteiger partial charge on any atom is -0.328 e. The largest absolute Gasteiger partial charge is 0.328 e. The van der Waals surface area contributed by atoms with Crippen molar-refractivity contribution in [3.05, 3.63) is 17.5 Å². The number of likely N-dealkylation sites (tertiary alicyclic amines) is 1.